The number of hydrogen-bond acceptors (Lipinski definition) is 2. The van der Waals surface area contributed by atoms with E-state index in [0.29, 0.717) is 5.41 Å². The van der Waals surface area contributed by atoms with Crippen LogP contribution in [0.15, 0.2) is 0 Å². The fourth-order valence-electron chi connectivity index (χ4n) is 2.34. The highest BCUT2D eigenvalue weighted by molar-refractivity contribution is 7.99. The van der Waals surface area contributed by atoms with Crippen LogP contribution in [0.2, 0.25) is 0 Å². The molecule has 0 aromatic carbocycles. The highest BCUT2D eigenvalue weighted by Crippen LogP contribution is 2.51. The van der Waals surface area contributed by atoms with Crippen molar-refractivity contribution in [1.29, 1.82) is 5.26 Å². The highest BCUT2D eigenvalue weighted by atomic mass is 32.2. The van der Waals surface area contributed by atoms with E-state index in [2.05, 4.69) is 17.8 Å². The highest BCUT2D eigenvalue weighted by Gasteiger charge is 2.42. The largest absolute Gasteiger partial charge is 0.198 e. The van der Waals surface area contributed by atoms with E-state index in [1.54, 1.807) is 0 Å². The third-order valence-electron chi connectivity index (χ3n) is 3.65. The fraction of sp³-hybridized carbons (Fsp3) is 0.917. The van der Waals surface area contributed by atoms with Gasteiger partial charge >= 0.3 is 0 Å². The molecule has 0 bridgehead atoms. The molecular formula is C12H19NS. The van der Waals surface area contributed by atoms with Crippen LogP contribution in [0.5, 0.6) is 0 Å². The van der Waals surface area contributed by atoms with E-state index in [9.17, 15) is 0 Å². The van der Waals surface area contributed by atoms with Crippen LogP contribution >= 0.6 is 11.8 Å². The predicted molar refractivity (Wildman–Crippen MR) is 61.2 cm³/mol. The molecule has 1 nitrogen and oxygen atoms in total. The summed E-state index contributed by atoms with van der Waals surface area (Å²) in [5, 5.41) is 8.69. The van der Waals surface area contributed by atoms with Crippen molar-refractivity contribution < 1.29 is 0 Å². The fourth-order valence-corrected chi connectivity index (χ4v) is 3.94. The summed E-state index contributed by atoms with van der Waals surface area (Å²) < 4.78 is 0. The van der Waals surface area contributed by atoms with E-state index in [4.69, 9.17) is 5.26 Å². The molecule has 0 N–H and O–H groups in total. The Kier molecular flexibility index (Phi) is 3.38. The van der Waals surface area contributed by atoms with Crippen molar-refractivity contribution >= 4 is 11.8 Å². The molecule has 2 rings (SSSR count). The minimum absolute atomic E-state index is 0.456. The maximum atomic E-state index is 8.69. The van der Waals surface area contributed by atoms with Gasteiger partial charge in [-0.15, -0.1) is 0 Å². The van der Waals surface area contributed by atoms with Gasteiger partial charge in [0.15, 0.2) is 0 Å². The Balaban J connectivity index is 1.60. The van der Waals surface area contributed by atoms with Crippen molar-refractivity contribution in [2.45, 2.75) is 44.9 Å². The average molecular weight is 209 g/mol. The van der Waals surface area contributed by atoms with Gasteiger partial charge in [-0.2, -0.15) is 17.0 Å². The van der Waals surface area contributed by atoms with Gasteiger partial charge in [-0.3, -0.25) is 0 Å². The third kappa shape index (κ3) is 2.67. The van der Waals surface area contributed by atoms with Crippen molar-refractivity contribution in [3.05, 3.63) is 0 Å². The second-order valence-corrected chi connectivity index (χ2v) is 6.03. The number of nitrogens with zero attached hydrogens (tertiary/aromatic N) is 1. The van der Waals surface area contributed by atoms with Crippen LogP contribution in [-0.2, 0) is 0 Å². The van der Waals surface area contributed by atoms with Crippen LogP contribution in [-0.4, -0.2) is 11.5 Å². The van der Waals surface area contributed by atoms with Crippen LogP contribution in [0.1, 0.15) is 44.9 Å². The Morgan fingerprint density at radius 1 is 1.29 bits per heavy atom. The summed E-state index contributed by atoms with van der Waals surface area (Å²) in [6, 6.07) is 2.34. The summed E-state index contributed by atoms with van der Waals surface area (Å²) in [4.78, 5) is 0. The van der Waals surface area contributed by atoms with Gasteiger partial charge in [-0.05, 0) is 48.5 Å². The van der Waals surface area contributed by atoms with Gasteiger partial charge in [0, 0.05) is 6.42 Å². The Labute approximate surface area is 91.3 Å². The number of nitriles is 1. The first-order valence-corrected chi connectivity index (χ1v) is 6.95. The summed E-state index contributed by atoms with van der Waals surface area (Å²) in [5.41, 5.74) is 0.456. The first-order chi connectivity index (χ1) is 6.85. The Morgan fingerprint density at radius 2 is 2.00 bits per heavy atom. The lowest BCUT2D eigenvalue weighted by Crippen LogP contribution is -2.06. The molecule has 0 atom stereocenters. The van der Waals surface area contributed by atoms with E-state index in [0.717, 1.165) is 12.3 Å². The van der Waals surface area contributed by atoms with E-state index in [1.807, 2.05) is 0 Å². The van der Waals surface area contributed by atoms with Gasteiger partial charge in [-0.1, -0.05) is 12.8 Å². The Hall–Kier alpha value is -0.160. The van der Waals surface area contributed by atoms with Crippen molar-refractivity contribution in [2.75, 3.05) is 11.5 Å². The molecule has 0 spiro atoms. The van der Waals surface area contributed by atoms with Crippen LogP contribution in [0.25, 0.3) is 0 Å². The lowest BCUT2D eigenvalue weighted by atomic mass is 10.1. The molecule has 0 unspecified atom stereocenters. The standard InChI is InChI=1S/C12H19NS/c13-8-7-12(5-6-12)10-14-9-11-3-1-2-4-11/h11H,1-7,9-10H2. The molecule has 14 heavy (non-hydrogen) atoms. The quantitative estimate of drug-likeness (QED) is 0.690. The molecule has 2 heteroatoms. The molecule has 78 valence electrons. The van der Waals surface area contributed by atoms with E-state index in [-0.39, 0.29) is 0 Å². The summed E-state index contributed by atoms with van der Waals surface area (Å²) in [6.07, 6.45) is 9.22. The summed E-state index contributed by atoms with van der Waals surface area (Å²) >= 11 is 2.11. The molecule has 0 aromatic heterocycles. The first kappa shape index (κ1) is 10.4. The molecule has 0 aromatic rings. The maximum absolute atomic E-state index is 8.69. The molecule has 0 amide bonds. The normalized spacial score (nSPS) is 24.8. The van der Waals surface area contributed by atoms with Crippen LogP contribution < -0.4 is 0 Å². The van der Waals surface area contributed by atoms with Crippen LogP contribution in [0, 0.1) is 22.7 Å². The zero-order valence-corrected chi connectivity index (χ0v) is 9.61. The van der Waals surface area contributed by atoms with Gasteiger partial charge in [0.2, 0.25) is 0 Å². The predicted octanol–water partition coefficient (Wildman–Crippen LogP) is 3.60. The molecule has 2 saturated carbocycles. The summed E-state index contributed by atoms with van der Waals surface area (Å²) in [7, 11) is 0. The number of thioether (sulfide) groups is 1. The summed E-state index contributed by atoms with van der Waals surface area (Å²) in [6.45, 7) is 0. The van der Waals surface area contributed by atoms with E-state index < -0.39 is 0 Å². The molecule has 2 aliphatic carbocycles. The molecule has 0 heterocycles. The van der Waals surface area contributed by atoms with Crippen molar-refractivity contribution in [3.63, 3.8) is 0 Å². The van der Waals surface area contributed by atoms with Crippen LogP contribution in [0.3, 0.4) is 0 Å². The SMILES string of the molecule is N#CCC1(CSCC2CCCC2)CC1. The smallest absolute Gasteiger partial charge is 0.0627 e. The van der Waals surface area contributed by atoms with Crippen LogP contribution in [0.4, 0.5) is 0 Å². The minimum Gasteiger partial charge on any atom is -0.198 e. The molecule has 2 aliphatic rings. The molecule has 0 radical (unpaired) electrons. The molecular weight excluding hydrogens is 190 g/mol. The van der Waals surface area contributed by atoms with Gasteiger partial charge < -0.3 is 0 Å². The monoisotopic (exact) mass is 209 g/mol. The second kappa shape index (κ2) is 4.57. The minimum atomic E-state index is 0.456. The topological polar surface area (TPSA) is 23.8 Å². The molecule has 0 aliphatic heterocycles. The van der Waals surface area contributed by atoms with Crippen molar-refractivity contribution in [3.8, 4) is 6.07 Å². The lowest BCUT2D eigenvalue weighted by molar-refractivity contribution is 0.595. The zero-order valence-electron chi connectivity index (χ0n) is 8.80. The van der Waals surface area contributed by atoms with Gasteiger partial charge in [0.25, 0.3) is 0 Å². The Bertz CT molecular complexity index is 221. The van der Waals surface area contributed by atoms with Gasteiger partial charge in [0.05, 0.1) is 6.07 Å². The van der Waals surface area contributed by atoms with Gasteiger partial charge in [-0.25, -0.2) is 0 Å². The summed E-state index contributed by atoms with van der Waals surface area (Å²) in [5.74, 6) is 3.60. The number of rotatable bonds is 5. The van der Waals surface area contributed by atoms with Crippen molar-refractivity contribution in [1.82, 2.24) is 0 Å². The molecule has 0 saturated heterocycles. The zero-order chi connectivity index (χ0) is 9.86. The number of hydrogen-bond donors (Lipinski definition) is 0. The molecule has 2 fully saturated rings. The Morgan fingerprint density at radius 3 is 2.57 bits per heavy atom. The van der Waals surface area contributed by atoms with E-state index in [1.165, 1.54) is 50.0 Å². The first-order valence-electron chi connectivity index (χ1n) is 5.79. The maximum Gasteiger partial charge on any atom is 0.0627 e. The third-order valence-corrected chi connectivity index (χ3v) is 5.17. The lowest BCUT2D eigenvalue weighted by Gasteiger charge is -2.12. The van der Waals surface area contributed by atoms with Crippen molar-refractivity contribution in [2.24, 2.45) is 11.3 Å². The second-order valence-electron chi connectivity index (χ2n) is 5.00. The van der Waals surface area contributed by atoms with Gasteiger partial charge in [0.1, 0.15) is 0 Å². The average Bonchev–Trinajstić information content (AvgIpc) is 2.75. The van der Waals surface area contributed by atoms with E-state index >= 15 is 0 Å².